The Labute approximate surface area is 112 Å². The average molecular weight is 258 g/mol. The molecule has 1 aromatic heterocycles. The van der Waals surface area contributed by atoms with Crippen LogP contribution in [0.3, 0.4) is 0 Å². The highest BCUT2D eigenvalue weighted by atomic mass is 16.3. The molecule has 1 atom stereocenters. The second-order valence-electron chi connectivity index (χ2n) is 4.46. The number of para-hydroxylation sites is 1. The maximum absolute atomic E-state index is 11.8. The first-order valence-corrected chi connectivity index (χ1v) is 6.37. The molecule has 0 saturated heterocycles. The normalized spacial score (nSPS) is 12.1. The van der Waals surface area contributed by atoms with Gasteiger partial charge in [-0.05, 0) is 30.2 Å². The van der Waals surface area contributed by atoms with Crippen molar-refractivity contribution in [3.05, 3.63) is 54.4 Å². The van der Waals surface area contributed by atoms with E-state index >= 15 is 0 Å². The van der Waals surface area contributed by atoms with Gasteiger partial charge in [0.15, 0.2) is 0 Å². The molecule has 0 spiro atoms. The third kappa shape index (κ3) is 3.69. The lowest BCUT2D eigenvalue weighted by Crippen LogP contribution is -2.17. The van der Waals surface area contributed by atoms with Crippen LogP contribution in [0.15, 0.2) is 48.8 Å². The molecule has 0 bridgehead atoms. The summed E-state index contributed by atoms with van der Waals surface area (Å²) in [6.07, 6.45) is 3.82. The van der Waals surface area contributed by atoms with Crippen molar-refractivity contribution in [3.63, 3.8) is 0 Å². The molecule has 100 valence electrons. The number of nitrogens with zero attached hydrogens (tertiary/aromatic N) is 1. The Hall–Kier alpha value is -2.07. The molecule has 1 amide bonds. The van der Waals surface area contributed by atoms with Crippen molar-refractivity contribution in [3.8, 4) is 0 Å². The standard InChI is InChI=1S/C15H18N2O2/c1-2-14(18)12-8-9-17(10-12)11-15(19)16-13-6-4-3-5-7-13/h3-10,14,18H,2,11H2,1H3,(H,16,19). The van der Waals surface area contributed by atoms with E-state index in [1.54, 1.807) is 17.0 Å². The van der Waals surface area contributed by atoms with Gasteiger partial charge in [0.1, 0.15) is 6.54 Å². The number of benzene rings is 1. The molecule has 2 rings (SSSR count). The number of rotatable bonds is 5. The summed E-state index contributed by atoms with van der Waals surface area (Å²) < 4.78 is 1.77. The van der Waals surface area contributed by atoms with Gasteiger partial charge in [0.2, 0.25) is 5.91 Å². The Morgan fingerprint density at radius 3 is 2.74 bits per heavy atom. The Morgan fingerprint density at radius 2 is 2.05 bits per heavy atom. The summed E-state index contributed by atoms with van der Waals surface area (Å²) in [6, 6.07) is 11.2. The second-order valence-corrected chi connectivity index (χ2v) is 4.46. The molecule has 2 N–H and O–H groups in total. The van der Waals surface area contributed by atoms with Gasteiger partial charge in [0.25, 0.3) is 0 Å². The molecule has 4 heteroatoms. The average Bonchev–Trinajstić information content (AvgIpc) is 2.87. The number of aliphatic hydroxyl groups excluding tert-OH is 1. The minimum Gasteiger partial charge on any atom is -0.388 e. The number of nitrogens with one attached hydrogen (secondary N) is 1. The van der Waals surface area contributed by atoms with E-state index in [2.05, 4.69) is 5.32 Å². The van der Waals surface area contributed by atoms with Crippen LogP contribution in [-0.2, 0) is 11.3 Å². The van der Waals surface area contributed by atoms with Gasteiger partial charge >= 0.3 is 0 Å². The molecule has 1 aromatic carbocycles. The molecule has 2 aromatic rings. The van der Waals surface area contributed by atoms with Crippen molar-refractivity contribution in [2.24, 2.45) is 0 Å². The van der Waals surface area contributed by atoms with Gasteiger partial charge in [0, 0.05) is 18.1 Å². The smallest absolute Gasteiger partial charge is 0.244 e. The summed E-state index contributed by atoms with van der Waals surface area (Å²) in [5, 5.41) is 12.5. The zero-order valence-corrected chi connectivity index (χ0v) is 10.9. The lowest BCUT2D eigenvalue weighted by molar-refractivity contribution is -0.116. The largest absolute Gasteiger partial charge is 0.388 e. The van der Waals surface area contributed by atoms with Gasteiger partial charge in [-0.25, -0.2) is 0 Å². The summed E-state index contributed by atoms with van der Waals surface area (Å²) >= 11 is 0. The number of aromatic nitrogens is 1. The van der Waals surface area contributed by atoms with Crippen LogP contribution in [0.2, 0.25) is 0 Å². The van der Waals surface area contributed by atoms with Gasteiger partial charge in [-0.2, -0.15) is 0 Å². The van der Waals surface area contributed by atoms with Gasteiger partial charge in [-0.1, -0.05) is 25.1 Å². The molecule has 0 aliphatic rings. The van der Waals surface area contributed by atoms with Crippen molar-refractivity contribution in [2.75, 3.05) is 5.32 Å². The van der Waals surface area contributed by atoms with Crippen molar-refractivity contribution in [2.45, 2.75) is 26.0 Å². The van der Waals surface area contributed by atoms with Crippen LogP contribution in [0.1, 0.15) is 25.0 Å². The first-order chi connectivity index (χ1) is 9.19. The minimum atomic E-state index is -0.460. The van der Waals surface area contributed by atoms with Crippen LogP contribution >= 0.6 is 0 Å². The van der Waals surface area contributed by atoms with Crippen molar-refractivity contribution >= 4 is 11.6 Å². The molecule has 19 heavy (non-hydrogen) atoms. The molecule has 0 aliphatic heterocycles. The molecular formula is C15H18N2O2. The first kappa shape index (κ1) is 13.4. The molecule has 1 unspecified atom stereocenters. The van der Waals surface area contributed by atoms with Crippen LogP contribution in [-0.4, -0.2) is 15.6 Å². The Balaban J connectivity index is 1.94. The fourth-order valence-electron chi connectivity index (χ4n) is 1.88. The van der Waals surface area contributed by atoms with Crippen molar-refractivity contribution < 1.29 is 9.90 Å². The van der Waals surface area contributed by atoms with Crippen LogP contribution in [0, 0.1) is 0 Å². The SMILES string of the molecule is CCC(O)c1ccn(CC(=O)Nc2ccccc2)c1. The van der Waals surface area contributed by atoms with E-state index < -0.39 is 6.10 Å². The van der Waals surface area contributed by atoms with E-state index in [9.17, 15) is 9.90 Å². The van der Waals surface area contributed by atoms with E-state index in [0.29, 0.717) is 6.42 Å². The fourth-order valence-corrected chi connectivity index (χ4v) is 1.88. The lowest BCUT2D eigenvalue weighted by Gasteiger charge is -2.06. The van der Waals surface area contributed by atoms with E-state index in [1.807, 2.05) is 43.3 Å². The number of carbonyl (C=O) groups excluding carboxylic acids is 1. The quantitative estimate of drug-likeness (QED) is 0.866. The summed E-state index contributed by atoms with van der Waals surface area (Å²) in [5.41, 5.74) is 1.63. The van der Waals surface area contributed by atoms with Crippen LogP contribution < -0.4 is 5.32 Å². The number of amides is 1. The monoisotopic (exact) mass is 258 g/mol. The maximum atomic E-state index is 11.8. The predicted octanol–water partition coefficient (Wildman–Crippen LogP) is 2.57. The predicted molar refractivity (Wildman–Crippen MR) is 74.8 cm³/mol. The number of carbonyl (C=O) groups is 1. The summed E-state index contributed by atoms with van der Waals surface area (Å²) in [6.45, 7) is 2.16. The highest BCUT2D eigenvalue weighted by Crippen LogP contribution is 2.16. The van der Waals surface area contributed by atoms with Crippen molar-refractivity contribution in [1.29, 1.82) is 0 Å². The second kappa shape index (κ2) is 6.20. The Morgan fingerprint density at radius 1 is 1.32 bits per heavy atom. The topological polar surface area (TPSA) is 54.3 Å². The number of aliphatic hydroxyl groups is 1. The van der Waals surface area contributed by atoms with Crippen LogP contribution in [0.5, 0.6) is 0 Å². The number of hydrogen-bond donors (Lipinski definition) is 2. The highest BCUT2D eigenvalue weighted by Gasteiger charge is 2.08. The van der Waals surface area contributed by atoms with Crippen LogP contribution in [0.4, 0.5) is 5.69 Å². The summed E-state index contributed by atoms with van der Waals surface area (Å²) in [7, 11) is 0. The molecule has 0 radical (unpaired) electrons. The van der Waals surface area contributed by atoms with Gasteiger partial charge in [-0.15, -0.1) is 0 Å². The van der Waals surface area contributed by atoms with E-state index in [1.165, 1.54) is 0 Å². The summed E-state index contributed by atoms with van der Waals surface area (Å²) in [5.74, 6) is -0.0839. The molecule has 4 nitrogen and oxygen atoms in total. The molecule has 1 heterocycles. The molecule has 0 aliphatic carbocycles. The van der Waals surface area contributed by atoms with E-state index in [-0.39, 0.29) is 12.5 Å². The van der Waals surface area contributed by atoms with Gasteiger partial charge < -0.3 is 15.0 Å². The van der Waals surface area contributed by atoms with Crippen molar-refractivity contribution in [1.82, 2.24) is 4.57 Å². The van der Waals surface area contributed by atoms with Gasteiger partial charge in [0.05, 0.1) is 6.10 Å². The van der Waals surface area contributed by atoms with E-state index in [0.717, 1.165) is 11.3 Å². The third-order valence-electron chi connectivity index (χ3n) is 2.93. The molecule has 0 fully saturated rings. The maximum Gasteiger partial charge on any atom is 0.244 e. The third-order valence-corrected chi connectivity index (χ3v) is 2.93. The zero-order chi connectivity index (χ0) is 13.7. The number of hydrogen-bond acceptors (Lipinski definition) is 2. The summed E-state index contributed by atoms with van der Waals surface area (Å²) in [4.78, 5) is 11.8. The molecule has 0 saturated carbocycles. The number of anilines is 1. The first-order valence-electron chi connectivity index (χ1n) is 6.37. The van der Waals surface area contributed by atoms with Gasteiger partial charge in [-0.3, -0.25) is 4.79 Å². The molecular weight excluding hydrogens is 240 g/mol. The van der Waals surface area contributed by atoms with E-state index in [4.69, 9.17) is 0 Å². The van der Waals surface area contributed by atoms with Crippen LogP contribution in [0.25, 0.3) is 0 Å². The zero-order valence-electron chi connectivity index (χ0n) is 10.9. The minimum absolute atomic E-state index is 0.0839. The Bertz CT molecular complexity index is 534. The highest BCUT2D eigenvalue weighted by molar-refractivity contribution is 5.90. The fraction of sp³-hybridized carbons (Fsp3) is 0.267. The lowest BCUT2D eigenvalue weighted by atomic mass is 10.1. The Kier molecular flexibility index (Phi) is 4.36.